The lowest BCUT2D eigenvalue weighted by Gasteiger charge is -2.32. The van der Waals surface area contributed by atoms with Crippen LogP contribution in [0.15, 0.2) is 42.5 Å². The van der Waals surface area contributed by atoms with Gasteiger partial charge in [-0.15, -0.1) is 0 Å². The zero-order valence-electron chi connectivity index (χ0n) is 14.7. The van der Waals surface area contributed by atoms with Crippen LogP contribution >= 0.6 is 0 Å². The van der Waals surface area contributed by atoms with Gasteiger partial charge in [0.1, 0.15) is 0 Å². The summed E-state index contributed by atoms with van der Waals surface area (Å²) in [4.78, 5) is 14.7. The van der Waals surface area contributed by atoms with Gasteiger partial charge in [-0.3, -0.25) is 4.79 Å². The zero-order chi connectivity index (χ0) is 17.8. The second-order valence-electron chi connectivity index (χ2n) is 6.58. The number of nitrogens with zero attached hydrogens (tertiary/aromatic N) is 2. The Kier molecular flexibility index (Phi) is 5.04. The average molecular weight is 333 g/mol. The highest BCUT2D eigenvalue weighted by Gasteiger charge is 2.24. The van der Waals surface area contributed by atoms with Gasteiger partial charge in [0.15, 0.2) is 0 Å². The highest BCUT2D eigenvalue weighted by Crippen LogP contribution is 2.29. The number of benzene rings is 2. The molecule has 0 aliphatic carbocycles. The van der Waals surface area contributed by atoms with Crippen LogP contribution in [0.4, 0.5) is 5.69 Å². The summed E-state index contributed by atoms with van der Waals surface area (Å²) in [5, 5.41) is 12.0. The van der Waals surface area contributed by atoms with Crippen LogP contribution < -0.4 is 5.32 Å². The molecule has 1 aliphatic heterocycles. The Hall–Kier alpha value is -2.80. The van der Waals surface area contributed by atoms with Gasteiger partial charge >= 0.3 is 0 Å². The van der Waals surface area contributed by atoms with Gasteiger partial charge in [0.25, 0.3) is 5.91 Å². The third-order valence-corrected chi connectivity index (χ3v) is 5.05. The van der Waals surface area contributed by atoms with E-state index in [1.165, 1.54) is 5.56 Å². The molecule has 0 spiro atoms. The summed E-state index contributed by atoms with van der Waals surface area (Å²) in [7, 11) is 1.87. The topological polar surface area (TPSA) is 56.1 Å². The summed E-state index contributed by atoms with van der Waals surface area (Å²) in [5.74, 6) is 0.567. The molecule has 3 rings (SSSR count). The van der Waals surface area contributed by atoms with E-state index < -0.39 is 0 Å². The number of aryl methyl sites for hydroxylation is 1. The van der Waals surface area contributed by atoms with Crippen molar-refractivity contribution in [1.82, 2.24) is 4.90 Å². The third kappa shape index (κ3) is 3.66. The fraction of sp³-hybridized carbons (Fsp3) is 0.333. The molecule has 0 bridgehead atoms. The molecular formula is C21H23N3O. The molecule has 0 atom stereocenters. The van der Waals surface area contributed by atoms with Crippen LogP contribution in [0.2, 0.25) is 0 Å². The Morgan fingerprint density at radius 2 is 1.84 bits per heavy atom. The Bertz CT molecular complexity index is 797. The standard InChI is InChI=1S/C21H23N3O/c1-15-3-6-19(13-20(15)23-2)21(25)24-11-9-18(10-12-24)17-7-4-16(14-22)5-8-17/h3-8,13,18,23H,9-12H2,1-2H3. The molecule has 25 heavy (non-hydrogen) atoms. The Morgan fingerprint density at radius 3 is 2.44 bits per heavy atom. The highest BCUT2D eigenvalue weighted by molar-refractivity contribution is 5.95. The fourth-order valence-corrected chi connectivity index (χ4v) is 3.45. The monoisotopic (exact) mass is 333 g/mol. The number of anilines is 1. The normalized spacial score (nSPS) is 14.8. The van der Waals surface area contributed by atoms with Gasteiger partial charge in [0, 0.05) is 31.4 Å². The maximum atomic E-state index is 12.8. The van der Waals surface area contributed by atoms with Crippen molar-refractivity contribution in [2.75, 3.05) is 25.5 Å². The van der Waals surface area contributed by atoms with Crippen molar-refractivity contribution < 1.29 is 4.79 Å². The van der Waals surface area contributed by atoms with Crippen molar-refractivity contribution in [2.45, 2.75) is 25.7 Å². The van der Waals surface area contributed by atoms with Crippen molar-refractivity contribution >= 4 is 11.6 Å². The van der Waals surface area contributed by atoms with Gasteiger partial charge in [-0.05, 0) is 61.1 Å². The van der Waals surface area contributed by atoms with Gasteiger partial charge in [-0.25, -0.2) is 0 Å². The largest absolute Gasteiger partial charge is 0.388 e. The first-order valence-corrected chi connectivity index (χ1v) is 8.70. The van der Waals surface area contributed by atoms with E-state index >= 15 is 0 Å². The van der Waals surface area contributed by atoms with Crippen LogP contribution in [0.5, 0.6) is 0 Å². The predicted octanol–water partition coefficient (Wildman–Crippen LogP) is 3.93. The molecule has 4 nitrogen and oxygen atoms in total. The van der Waals surface area contributed by atoms with E-state index in [2.05, 4.69) is 11.4 Å². The van der Waals surface area contributed by atoms with Crippen LogP contribution in [0.25, 0.3) is 0 Å². The van der Waals surface area contributed by atoms with Crippen molar-refractivity contribution in [3.8, 4) is 6.07 Å². The summed E-state index contributed by atoms with van der Waals surface area (Å²) < 4.78 is 0. The minimum absolute atomic E-state index is 0.106. The van der Waals surface area contributed by atoms with Gasteiger partial charge in [-0.1, -0.05) is 18.2 Å². The minimum atomic E-state index is 0.106. The lowest BCUT2D eigenvalue weighted by molar-refractivity contribution is 0.0713. The maximum Gasteiger partial charge on any atom is 0.253 e. The van der Waals surface area contributed by atoms with Crippen molar-refractivity contribution in [2.24, 2.45) is 0 Å². The first kappa shape index (κ1) is 17.0. The van der Waals surface area contributed by atoms with Crippen molar-refractivity contribution in [3.63, 3.8) is 0 Å². The number of amides is 1. The number of rotatable bonds is 3. The summed E-state index contributed by atoms with van der Waals surface area (Å²) in [5.41, 5.74) is 4.83. The smallest absolute Gasteiger partial charge is 0.253 e. The van der Waals surface area contributed by atoms with E-state index in [9.17, 15) is 4.79 Å². The van der Waals surface area contributed by atoms with Crippen LogP contribution in [-0.2, 0) is 0 Å². The summed E-state index contributed by atoms with van der Waals surface area (Å²) in [6.07, 6.45) is 1.92. The summed E-state index contributed by atoms with van der Waals surface area (Å²) >= 11 is 0. The number of hydrogen-bond acceptors (Lipinski definition) is 3. The van der Waals surface area contributed by atoms with Crippen LogP contribution in [0.3, 0.4) is 0 Å². The van der Waals surface area contributed by atoms with Crippen LogP contribution in [0, 0.1) is 18.3 Å². The van der Waals surface area contributed by atoms with Gasteiger partial charge in [0.2, 0.25) is 0 Å². The molecule has 128 valence electrons. The second-order valence-corrected chi connectivity index (χ2v) is 6.58. The number of piperidine rings is 1. The van der Waals surface area contributed by atoms with E-state index in [-0.39, 0.29) is 5.91 Å². The van der Waals surface area contributed by atoms with Crippen LogP contribution in [-0.4, -0.2) is 30.9 Å². The van der Waals surface area contributed by atoms with Gasteiger partial charge < -0.3 is 10.2 Å². The lowest BCUT2D eigenvalue weighted by Crippen LogP contribution is -2.37. The third-order valence-electron chi connectivity index (χ3n) is 5.05. The molecule has 1 saturated heterocycles. The number of nitriles is 1. The second kappa shape index (κ2) is 7.40. The Balaban J connectivity index is 1.65. The molecule has 4 heteroatoms. The number of likely N-dealkylation sites (tertiary alicyclic amines) is 1. The first-order chi connectivity index (χ1) is 12.1. The summed E-state index contributed by atoms with van der Waals surface area (Å²) in [6.45, 7) is 3.57. The van der Waals surface area contributed by atoms with Crippen LogP contribution in [0.1, 0.15) is 45.8 Å². The fourth-order valence-electron chi connectivity index (χ4n) is 3.45. The van der Waals surface area contributed by atoms with E-state index in [1.54, 1.807) is 0 Å². The van der Waals surface area contributed by atoms with E-state index in [0.29, 0.717) is 11.5 Å². The molecule has 0 radical (unpaired) electrons. The van der Waals surface area contributed by atoms with E-state index in [4.69, 9.17) is 5.26 Å². The molecule has 0 aromatic heterocycles. The first-order valence-electron chi connectivity index (χ1n) is 8.70. The van der Waals surface area contributed by atoms with Gasteiger partial charge in [-0.2, -0.15) is 5.26 Å². The lowest BCUT2D eigenvalue weighted by atomic mass is 9.89. The number of carbonyl (C=O) groups excluding carboxylic acids is 1. The zero-order valence-corrected chi connectivity index (χ0v) is 14.7. The number of nitrogens with one attached hydrogen (secondary N) is 1. The van der Waals surface area contributed by atoms with Crippen molar-refractivity contribution in [1.29, 1.82) is 5.26 Å². The molecule has 1 N–H and O–H groups in total. The van der Waals surface area contributed by atoms with E-state index in [0.717, 1.165) is 42.7 Å². The number of hydrogen-bond donors (Lipinski definition) is 1. The summed E-state index contributed by atoms with van der Waals surface area (Å²) in [6, 6.07) is 15.8. The predicted molar refractivity (Wildman–Crippen MR) is 99.8 cm³/mol. The van der Waals surface area contributed by atoms with Gasteiger partial charge in [0.05, 0.1) is 11.6 Å². The quantitative estimate of drug-likeness (QED) is 0.926. The number of carbonyl (C=O) groups is 1. The maximum absolute atomic E-state index is 12.8. The molecule has 1 amide bonds. The van der Waals surface area contributed by atoms with Crippen molar-refractivity contribution in [3.05, 3.63) is 64.7 Å². The molecule has 1 aliphatic rings. The highest BCUT2D eigenvalue weighted by atomic mass is 16.2. The van der Waals surface area contributed by atoms with E-state index in [1.807, 2.05) is 61.3 Å². The molecule has 1 heterocycles. The average Bonchev–Trinajstić information content (AvgIpc) is 2.68. The Morgan fingerprint density at radius 1 is 1.16 bits per heavy atom. The minimum Gasteiger partial charge on any atom is -0.388 e. The molecule has 2 aromatic rings. The SMILES string of the molecule is CNc1cc(C(=O)N2CCC(c3ccc(C#N)cc3)CC2)ccc1C. The Labute approximate surface area is 149 Å². The molecule has 0 saturated carbocycles. The molecule has 2 aromatic carbocycles. The molecule has 0 unspecified atom stereocenters. The molecular weight excluding hydrogens is 310 g/mol. The molecule has 1 fully saturated rings.